The zero-order chi connectivity index (χ0) is 15.3. The smallest absolute Gasteiger partial charge is 0.165 e. The summed E-state index contributed by atoms with van der Waals surface area (Å²) in [5.41, 5.74) is 1.03. The van der Waals surface area contributed by atoms with E-state index in [-0.39, 0.29) is 11.9 Å². The maximum Gasteiger partial charge on any atom is 0.165 e. The average molecular weight is 282 g/mol. The highest BCUT2D eigenvalue weighted by molar-refractivity contribution is 5.31. The summed E-state index contributed by atoms with van der Waals surface area (Å²) in [7, 11) is 5.68. The molecule has 0 bridgehead atoms. The number of nitrogens with one attached hydrogen (secondary N) is 1. The van der Waals surface area contributed by atoms with Crippen molar-refractivity contribution in [1.29, 1.82) is 0 Å². The second-order valence-corrected chi connectivity index (χ2v) is 5.80. The molecule has 0 fully saturated rings. The molecule has 114 valence electrons. The summed E-state index contributed by atoms with van der Waals surface area (Å²) in [5.74, 6) is 0.549. The van der Waals surface area contributed by atoms with Gasteiger partial charge in [-0.3, -0.25) is 0 Å². The number of methoxy groups -OCH3 is 1. The van der Waals surface area contributed by atoms with Gasteiger partial charge in [-0.1, -0.05) is 19.9 Å². The van der Waals surface area contributed by atoms with Gasteiger partial charge in [-0.05, 0) is 44.6 Å². The zero-order valence-corrected chi connectivity index (χ0v) is 13.4. The molecule has 1 N–H and O–H groups in total. The molecule has 0 aliphatic heterocycles. The summed E-state index contributed by atoms with van der Waals surface area (Å²) in [6.45, 7) is 7.42. The van der Waals surface area contributed by atoms with E-state index in [9.17, 15) is 4.39 Å². The Morgan fingerprint density at radius 2 is 1.90 bits per heavy atom. The molecular formula is C16H27FN2O. The highest BCUT2D eigenvalue weighted by Gasteiger charge is 2.17. The number of halogens is 1. The standard InChI is InChI=1S/C16H27FN2O/c1-11(2)15(19(4)5)10-18-12(3)13-7-8-14(17)16(9-13)20-6/h7-9,11-12,15,18H,10H2,1-6H3. The highest BCUT2D eigenvalue weighted by atomic mass is 19.1. The van der Waals surface area contributed by atoms with Crippen LogP contribution in [0.4, 0.5) is 4.39 Å². The van der Waals surface area contributed by atoms with Gasteiger partial charge in [0, 0.05) is 18.6 Å². The van der Waals surface area contributed by atoms with Crippen LogP contribution in [0.3, 0.4) is 0 Å². The van der Waals surface area contributed by atoms with Crippen LogP contribution in [-0.4, -0.2) is 38.7 Å². The summed E-state index contributed by atoms with van der Waals surface area (Å²) in [4.78, 5) is 2.23. The SMILES string of the molecule is COc1cc(C(C)NCC(C(C)C)N(C)C)ccc1F. The number of nitrogens with zero attached hydrogens (tertiary/aromatic N) is 1. The quantitative estimate of drug-likeness (QED) is 0.832. The zero-order valence-electron chi connectivity index (χ0n) is 13.4. The predicted octanol–water partition coefficient (Wildman–Crippen LogP) is 3.07. The Labute approximate surface area is 122 Å². The van der Waals surface area contributed by atoms with Crippen LogP contribution in [0.25, 0.3) is 0 Å². The lowest BCUT2D eigenvalue weighted by molar-refractivity contribution is 0.220. The highest BCUT2D eigenvalue weighted by Crippen LogP contribution is 2.22. The minimum atomic E-state index is -0.322. The Bertz CT molecular complexity index is 413. The van der Waals surface area contributed by atoms with Gasteiger partial charge in [0.15, 0.2) is 11.6 Å². The van der Waals surface area contributed by atoms with Crippen LogP contribution in [0.15, 0.2) is 18.2 Å². The lowest BCUT2D eigenvalue weighted by atomic mass is 10.0. The van der Waals surface area contributed by atoms with Crippen molar-refractivity contribution in [2.24, 2.45) is 5.92 Å². The average Bonchev–Trinajstić information content (AvgIpc) is 2.38. The third-order valence-corrected chi connectivity index (χ3v) is 3.74. The van der Waals surface area contributed by atoms with E-state index in [0.29, 0.717) is 17.7 Å². The minimum Gasteiger partial charge on any atom is -0.494 e. The van der Waals surface area contributed by atoms with E-state index < -0.39 is 0 Å². The molecule has 2 unspecified atom stereocenters. The number of rotatable bonds is 7. The van der Waals surface area contributed by atoms with Gasteiger partial charge < -0.3 is 15.0 Å². The first-order chi connectivity index (χ1) is 9.36. The van der Waals surface area contributed by atoms with Gasteiger partial charge in [0.2, 0.25) is 0 Å². The van der Waals surface area contributed by atoms with Crippen molar-refractivity contribution in [3.05, 3.63) is 29.6 Å². The number of likely N-dealkylation sites (N-methyl/N-ethyl adjacent to an activating group) is 1. The van der Waals surface area contributed by atoms with Gasteiger partial charge in [-0.2, -0.15) is 0 Å². The second kappa shape index (κ2) is 7.60. The van der Waals surface area contributed by atoms with Crippen molar-refractivity contribution in [2.45, 2.75) is 32.9 Å². The van der Waals surface area contributed by atoms with E-state index in [0.717, 1.165) is 12.1 Å². The Hall–Kier alpha value is -1.13. The number of benzene rings is 1. The second-order valence-electron chi connectivity index (χ2n) is 5.80. The van der Waals surface area contributed by atoms with Crippen LogP contribution in [0.2, 0.25) is 0 Å². The molecule has 1 rings (SSSR count). The molecule has 0 saturated heterocycles. The largest absolute Gasteiger partial charge is 0.494 e. The lowest BCUT2D eigenvalue weighted by Gasteiger charge is -2.29. The van der Waals surface area contributed by atoms with Crippen LogP contribution >= 0.6 is 0 Å². The molecule has 0 aliphatic rings. The van der Waals surface area contributed by atoms with Crippen LogP contribution in [-0.2, 0) is 0 Å². The molecule has 0 aromatic heterocycles. The maximum atomic E-state index is 13.4. The Morgan fingerprint density at radius 1 is 1.25 bits per heavy atom. The molecular weight excluding hydrogens is 255 g/mol. The van der Waals surface area contributed by atoms with E-state index >= 15 is 0 Å². The van der Waals surface area contributed by atoms with E-state index in [1.54, 1.807) is 12.1 Å². The van der Waals surface area contributed by atoms with E-state index in [1.165, 1.54) is 13.2 Å². The van der Waals surface area contributed by atoms with E-state index in [1.807, 2.05) is 0 Å². The van der Waals surface area contributed by atoms with Crippen molar-refractivity contribution in [3.63, 3.8) is 0 Å². The van der Waals surface area contributed by atoms with Gasteiger partial charge in [-0.15, -0.1) is 0 Å². The number of hydrogen-bond donors (Lipinski definition) is 1. The predicted molar refractivity (Wildman–Crippen MR) is 81.7 cm³/mol. The topological polar surface area (TPSA) is 24.5 Å². The van der Waals surface area contributed by atoms with Crippen LogP contribution in [0.1, 0.15) is 32.4 Å². The first-order valence-electron chi connectivity index (χ1n) is 7.10. The fraction of sp³-hybridized carbons (Fsp3) is 0.625. The molecule has 0 aliphatic carbocycles. The summed E-state index contributed by atoms with van der Waals surface area (Å²) in [6.07, 6.45) is 0. The third kappa shape index (κ3) is 4.46. The first kappa shape index (κ1) is 16.9. The van der Waals surface area contributed by atoms with Crippen molar-refractivity contribution in [1.82, 2.24) is 10.2 Å². The molecule has 0 spiro atoms. The summed E-state index contributed by atoms with van der Waals surface area (Å²) >= 11 is 0. The number of ether oxygens (including phenoxy) is 1. The molecule has 1 aromatic rings. The third-order valence-electron chi connectivity index (χ3n) is 3.74. The molecule has 3 nitrogen and oxygen atoms in total. The van der Waals surface area contributed by atoms with Gasteiger partial charge in [0.1, 0.15) is 0 Å². The fourth-order valence-electron chi connectivity index (χ4n) is 2.38. The molecule has 1 aromatic carbocycles. The van der Waals surface area contributed by atoms with Gasteiger partial charge >= 0.3 is 0 Å². The van der Waals surface area contributed by atoms with Crippen molar-refractivity contribution >= 4 is 0 Å². The summed E-state index contributed by atoms with van der Waals surface area (Å²) < 4.78 is 18.4. The molecule has 0 saturated carbocycles. The molecule has 20 heavy (non-hydrogen) atoms. The van der Waals surface area contributed by atoms with Gasteiger partial charge in [-0.25, -0.2) is 4.39 Å². The van der Waals surface area contributed by atoms with Crippen LogP contribution < -0.4 is 10.1 Å². The maximum absolute atomic E-state index is 13.4. The monoisotopic (exact) mass is 282 g/mol. The Balaban J connectivity index is 2.69. The molecule has 0 amide bonds. The Kier molecular flexibility index (Phi) is 6.43. The van der Waals surface area contributed by atoms with Crippen molar-refractivity contribution < 1.29 is 9.13 Å². The first-order valence-corrected chi connectivity index (χ1v) is 7.10. The summed E-state index contributed by atoms with van der Waals surface area (Å²) in [6, 6.07) is 5.64. The van der Waals surface area contributed by atoms with Gasteiger partial charge in [0.05, 0.1) is 7.11 Å². The fourth-order valence-corrected chi connectivity index (χ4v) is 2.38. The molecule has 2 atom stereocenters. The summed E-state index contributed by atoms with van der Waals surface area (Å²) in [5, 5.41) is 3.51. The molecule has 0 radical (unpaired) electrons. The normalized spacial score (nSPS) is 14.7. The van der Waals surface area contributed by atoms with Gasteiger partial charge in [0.25, 0.3) is 0 Å². The van der Waals surface area contributed by atoms with Crippen LogP contribution in [0.5, 0.6) is 5.75 Å². The van der Waals surface area contributed by atoms with Crippen molar-refractivity contribution in [3.8, 4) is 5.75 Å². The number of hydrogen-bond acceptors (Lipinski definition) is 3. The molecule has 0 heterocycles. The minimum absolute atomic E-state index is 0.158. The molecule has 4 heteroatoms. The Morgan fingerprint density at radius 3 is 2.40 bits per heavy atom. The van der Waals surface area contributed by atoms with E-state index in [4.69, 9.17) is 4.74 Å². The lowest BCUT2D eigenvalue weighted by Crippen LogP contribution is -2.42. The van der Waals surface area contributed by atoms with E-state index in [2.05, 4.69) is 45.1 Å². The van der Waals surface area contributed by atoms with Crippen molar-refractivity contribution in [2.75, 3.05) is 27.7 Å². The van der Waals surface area contributed by atoms with Crippen LogP contribution in [0, 0.1) is 11.7 Å².